The predicted octanol–water partition coefficient (Wildman–Crippen LogP) is 7.00. The molecule has 0 saturated heterocycles. The van der Waals surface area contributed by atoms with E-state index < -0.39 is 0 Å². The summed E-state index contributed by atoms with van der Waals surface area (Å²) in [7, 11) is 3.32. The highest BCUT2D eigenvalue weighted by Gasteiger charge is 2.13. The van der Waals surface area contributed by atoms with E-state index in [0.29, 0.717) is 42.6 Å². The third-order valence-electron chi connectivity index (χ3n) is 6.21. The summed E-state index contributed by atoms with van der Waals surface area (Å²) in [5.74, 6) is 2.79. The zero-order valence-electron chi connectivity index (χ0n) is 21.0. The van der Waals surface area contributed by atoms with E-state index in [0.717, 1.165) is 33.2 Å². The molecule has 0 spiro atoms. The molecule has 186 valence electrons. The lowest BCUT2D eigenvalue weighted by Crippen LogP contribution is -2.00. The van der Waals surface area contributed by atoms with Crippen LogP contribution in [-0.2, 0) is 19.6 Å². The second-order valence-corrected chi connectivity index (χ2v) is 8.69. The van der Waals surface area contributed by atoms with Crippen LogP contribution in [0.4, 0.5) is 0 Å². The number of benzene rings is 4. The van der Waals surface area contributed by atoms with Gasteiger partial charge in [-0.15, -0.1) is 0 Å². The van der Waals surface area contributed by atoms with E-state index >= 15 is 0 Å². The molecule has 0 saturated carbocycles. The first-order valence-corrected chi connectivity index (χ1v) is 12.2. The fourth-order valence-electron chi connectivity index (χ4n) is 4.26. The highest BCUT2D eigenvalue weighted by atomic mass is 16.5. The van der Waals surface area contributed by atoms with Crippen molar-refractivity contribution in [1.82, 2.24) is 4.98 Å². The zero-order chi connectivity index (χ0) is 25.5. The summed E-state index contributed by atoms with van der Waals surface area (Å²) in [6.07, 6.45) is 2.47. The Labute approximate surface area is 217 Å². The monoisotopic (exact) mass is 491 g/mol. The SMILES string of the molecule is COc1cc(Cc2nccc3cc(OCc4ccccc4)c(OC)cc23)ccc1OCc1ccccc1. The maximum atomic E-state index is 6.10. The maximum Gasteiger partial charge on any atom is 0.162 e. The fourth-order valence-corrected chi connectivity index (χ4v) is 4.26. The first kappa shape index (κ1) is 24.2. The van der Waals surface area contributed by atoms with E-state index in [2.05, 4.69) is 11.1 Å². The third kappa shape index (κ3) is 5.84. The van der Waals surface area contributed by atoms with Gasteiger partial charge in [0.05, 0.1) is 19.9 Å². The number of ether oxygens (including phenoxy) is 4. The summed E-state index contributed by atoms with van der Waals surface area (Å²) in [5, 5.41) is 2.07. The lowest BCUT2D eigenvalue weighted by Gasteiger charge is -2.15. The van der Waals surface area contributed by atoms with E-state index in [9.17, 15) is 0 Å². The summed E-state index contributed by atoms with van der Waals surface area (Å²) in [6.45, 7) is 0.953. The first-order chi connectivity index (χ1) is 18.2. The Morgan fingerprint density at radius 2 is 1.19 bits per heavy atom. The molecule has 5 nitrogen and oxygen atoms in total. The van der Waals surface area contributed by atoms with E-state index in [1.165, 1.54) is 0 Å². The summed E-state index contributed by atoms with van der Waals surface area (Å²) in [6, 6.07) is 32.2. The van der Waals surface area contributed by atoms with Crippen molar-refractivity contribution in [3.05, 3.63) is 126 Å². The lowest BCUT2D eigenvalue weighted by molar-refractivity contribution is 0.284. The fraction of sp³-hybridized carbons (Fsp3) is 0.156. The van der Waals surface area contributed by atoms with E-state index in [1.807, 2.05) is 97.2 Å². The summed E-state index contributed by atoms with van der Waals surface area (Å²) in [4.78, 5) is 4.69. The van der Waals surface area contributed by atoms with Crippen LogP contribution in [-0.4, -0.2) is 19.2 Å². The largest absolute Gasteiger partial charge is 0.493 e. The molecular weight excluding hydrogens is 462 g/mol. The van der Waals surface area contributed by atoms with Crippen LogP contribution in [0, 0.1) is 0 Å². The van der Waals surface area contributed by atoms with Gasteiger partial charge in [-0.05, 0) is 52.4 Å². The van der Waals surface area contributed by atoms with Gasteiger partial charge in [-0.3, -0.25) is 4.98 Å². The molecular formula is C32H29NO4. The van der Waals surface area contributed by atoms with Gasteiger partial charge in [0, 0.05) is 18.0 Å². The van der Waals surface area contributed by atoms with Crippen molar-refractivity contribution in [3.8, 4) is 23.0 Å². The molecule has 0 N–H and O–H groups in total. The second kappa shape index (κ2) is 11.5. The second-order valence-electron chi connectivity index (χ2n) is 8.69. The van der Waals surface area contributed by atoms with Gasteiger partial charge in [0.2, 0.25) is 0 Å². The standard InChI is InChI=1S/C32H29NO4/c1-34-30-18-25(13-14-29(30)36-21-23-9-5-3-6-10-23)17-28-27-20-31(35-2)32(19-26(27)15-16-33-28)37-22-24-11-7-4-8-12-24/h3-16,18-20H,17,21-22H2,1-2H3. The minimum absolute atomic E-state index is 0.471. The van der Waals surface area contributed by atoms with Gasteiger partial charge in [0.25, 0.3) is 0 Å². The smallest absolute Gasteiger partial charge is 0.162 e. The summed E-state index contributed by atoms with van der Waals surface area (Å²) >= 11 is 0. The Morgan fingerprint density at radius 1 is 0.568 bits per heavy atom. The van der Waals surface area contributed by atoms with Crippen molar-refractivity contribution < 1.29 is 18.9 Å². The van der Waals surface area contributed by atoms with Gasteiger partial charge in [0.15, 0.2) is 23.0 Å². The van der Waals surface area contributed by atoms with Crippen LogP contribution in [0.5, 0.6) is 23.0 Å². The molecule has 5 rings (SSSR count). The molecule has 1 aromatic heterocycles. The Kier molecular flexibility index (Phi) is 7.51. The Morgan fingerprint density at radius 3 is 1.84 bits per heavy atom. The van der Waals surface area contributed by atoms with Crippen molar-refractivity contribution in [2.45, 2.75) is 19.6 Å². The molecule has 0 bridgehead atoms. The van der Waals surface area contributed by atoms with Gasteiger partial charge in [0.1, 0.15) is 13.2 Å². The van der Waals surface area contributed by atoms with Crippen LogP contribution in [0.15, 0.2) is 103 Å². The summed E-state index contributed by atoms with van der Waals surface area (Å²) < 4.78 is 23.4. The van der Waals surface area contributed by atoms with E-state index in [-0.39, 0.29) is 0 Å². The lowest BCUT2D eigenvalue weighted by atomic mass is 10.0. The van der Waals surface area contributed by atoms with Crippen molar-refractivity contribution in [1.29, 1.82) is 0 Å². The molecule has 0 fully saturated rings. The van der Waals surface area contributed by atoms with Gasteiger partial charge < -0.3 is 18.9 Å². The molecule has 0 amide bonds. The van der Waals surface area contributed by atoms with Gasteiger partial charge in [-0.2, -0.15) is 0 Å². The van der Waals surface area contributed by atoms with Gasteiger partial charge >= 0.3 is 0 Å². The topological polar surface area (TPSA) is 49.8 Å². The number of hydrogen-bond donors (Lipinski definition) is 0. The average Bonchev–Trinajstić information content (AvgIpc) is 2.96. The van der Waals surface area contributed by atoms with Crippen LogP contribution in [0.2, 0.25) is 0 Å². The first-order valence-electron chi connectivity index (χ1n) is 12.2. The number of fused-ring (bicyclic) bond motifs is 1. The van der Waals surface area contributed by atoms with Crippen LogP contribution in [0.25, 0.3) is 10.8 Å². The molecule has 0 atom stereocenters. The van der Waals surface area contributed by atoms with Gasteiger partial charge in [-0.25, -0.2) is 0 Å². The molecule has 0 radical (unpaired) electrons. The van der Waals surface area contributed by atoms with Crippen LogP contribution >= 0.6 is 0 Å². The average molecular weight is 492 g/mol. The number of aromatic nitrogens is 1. The van der Waals surface area contributed by atoms with E-state index in [4.69, 9.17) is 18.9 Å². The molecule has 0 unspecified atom stereocenters. The summed E-state index contributed by atoms with van der Waals surface area (Å²) in [5.41, 5.74) is 4.23. The Hall–Kier alpha value is -4.51. The van der Waals surface area contributed by atoms with Crippen LogP contribution in [0.3, 0.4) is 0 Å². The third-order valence-corrected chi connectivity index (χ3v) is 6.21. The van der Waals surface area contributed by atoms with Crippen molar-refractivity contribution >= 4 is 10.8 Å². The van der Waals surface area contributed by atoms with Crippen molar-refractivity contribution in [2.75, 3.05) is 14.2 Å². The number of methoxy groups -OCH3 is 2. The highest BCUT2D eigenvalue weighted by Crippen LogP contribution is 2.35. The Balaban J connectivity index is 1.37. The number of rotatable bonds is 10. The maximum absolute atomic E-state index is 6.10. The molecule has 37 heavy (non-hydrogen) atoms. The predicted molar refractivity (Wildman–Crippen MR) is 146 cm³/mol. The normalized spacial score (nSPS) is 10.8. The minimum atomic E-state index is 0.471. The van der Waals surface area contributed by atoms with Crippen molar-refractivity contribution in [2.24, 2.45) is 0 Å². The molecule has 0 aliphatic heterocycles. The van der Waals surface area contributed by atoms with E-state index in [1.54, 1.807) is 14.2 Å². The van der Waals surface area contributed by atoms with Crippen LogP contribution in [0.1, 0.15) is 22.4 Å². The number of hydrogen-bond acceptors (Lipinski definition) is 5. The molecule has 0 aliphatic carbocycles. The van der Waals surface area contributed by atoms with Crippen molar-refractivity contribution in [3.63, 3.8) is 0 Å². The minimum Gasteiger partial charge on any atom is -0.493 e. The zero-order valence-corrected chi connectivity index (χ0v) is 21.0. The molecule has 5 aromatic rings. The molecule has 5 heteroatoms. The molecule has 1 heterocycles. The van der Waals surface area contributed by atoms with Crippen LogP contribution < -0.4 is 18.9 Å². The van der Waals surface area contributed by atoms with Gasteiger partial charge in [-0.1, -0.05) is 66.7 Å². The molecule has 0 aliphatic rings. The highest BCUT2D eigenvalue weighted by molar-refractivity contribution is 5.88. The quantitative estimate of drug-likeness (QED) is 0.210. The Bertz CT molecular complexity index is 1470. The number of nitrogens with zero attached hydrogens (tertiary/aromatic N) is 1. The molecule has 4 aromatic carbocycles. The number of pyridine rings is 1.